The quantitative estimate of drug-likeness (QED) is 0.440. The molecule has 1 fully saturated rings. The van der Waals surface area contributed by atoms with Crippen LogP contribution in [0.2, 0.25) is 0 Å². The maximum Gasteiger partial charge on any atom is 0.131 e. The molecule has 0 spiro atoms. The summed E-state index contributed by atoms with van der Waals surface area (Å²) in [7, 11) is 3.62. The monoisotopic (exact) mass is 451 g/mol. The van der Waals surface area contributed by atoms with Gasteiger partial charge in [-0.05, 0) is 25.1 Å². The second-order valence-corrected chi connectivity index (χ2v) is 8.47. The highest BCUT2D eigenvalue weighted by atomic mass is 16.5. The van der Waals surface area contributed by atoms with Crippen molar-refractivity contribution in [2.45, 2.75) is 25.4 Å². The molecule has 0 amide bonds. The van der Waals surface area contributed by atoms with Crippen LogP contribution in [0.3, 0.4) is 0 Å². The molecule has 0 unspecified atom stereocenters. The number of hydrogen-bond donors (Lipinski definition) is 0. The van der Waals surface area contributed by atoms with Crippen LogP contribution in [-0.2, 0) is 11.8 Å². The highest BCUT2D eigenvalue weighted by molar-refractivity contribution is 5.87. The fraction of sp³-hybridized carbons (Fsp3) is 0.308. The van der Waals surface area contributed by atoms with E-state index in [0.717, 1.165) is 59.5 Å². The normalized spacial score (nSPS) is 15.1. The van der Waals surface area contributed by atoms with E-state index in [-0.39, 0.29) is 5.60 Å². The number of aryl methyl sites for hydroxylation is 1. The Morgan fingerprint density at radius 1 is 1.03 bits per heavy atom. The molecule has 0 radical (unpaired) electrons. The predicted octanol–water partition coefficient (Wildman–Crippen LogP) is 3.68. The van der Waals surface area contributed by atoms with Gasteiger partial charge in [0.25, 0.3) is 0 Å². The molecule has 34 heavy (non-hydrogen) atoms. The maximum absolute atomic E-state index is 9.64. The molecule has 4 aromatic heterocycles. The number of nitrogens with zero attached hydrogens (tertiary/aromatic N) is 7. The maximum atomic E-state index is 9.64. The van der Waals surface area contributed by atoms with Gasteiger partial charge in [0, 0.05) is 80.9 Å². The van der Waals surface area contributed by atoms with Gasteiger partial charge in [0.05, 0.1) is 23.5 Å². The van der Waals surface area contributed by atoms with Crippen molar-refractivity contribution in [1.29, 1.82) is 5.26 Å². The van der Waals surface area contributed by atoms with Crippen molar-refractivity contribution in [3.63, 3.8) is 0 Å². The number of fused-ring (bicyclic) bond motifs is 1. The molecule has 5 rings (SSSR count). The molecule has 0 aromatic carbocycles. The lowest BCUT2D eigenvalue weighted by atomic mass is 9.91. The van der Waals surface area contributed by atoms with Gasteiger partial charge in [-0.1, -0.05) is 5.92 Å². The Bertz CT molecular complexity index is 1440. The summed E-state index contributed by atoms with van der Waals surface area (Å²) in [6, 6.07) is 8.43. The molecular weight excluding hydrogens is 426 g/mol. The van der Waals surface area contributed by atoms with Gasteiger partial charge in [0.15, 0.2) is 0 Å². The average molecular weight is 452 g/mol. The zero-order chi connectivity index (χ0) is 23.7. The topological polar surface area (TPSA) is 84.3 Å². The minimum Gasteiger partial charge on any atom is -0.365 e. The van der Waals surface area contributed by atoms with E-state index in [1.165, 1.54) is 0 Å². The smallest absolute Gasteiger partial charge is 0.131 e. The molecule has 1 aliphatic rings. The Balaban J connectivity index is 1.49. The van der Waals surface area contributed by atoms with Crippen LogP contribution in [0.5, 0.6) is 0 Å². The van der Waals surface area contributed by atoms with Gasteiger partial charge in [-0.25, -0.2) is 9.50 Å². The van der Waals surface area contributed by atoms with Crippen molar-refractivity contribution >= 4 is 11.3 Å². The second-order valence-electron chi connectivity index (χ2n) is 8.47. The zero-order valence-electron chi connectivity index (χ0n) is 19.5. The van der Waals surface area contributed by atoms with E-state index >= 15 is 0 Å². The number of aromatic nitrogens is 5. The number of piperidine rings is 1. The van der Waals surface area contributed by atoms with Crippen LogP contribution in [0.25, 0.3) is 27.8 Å². The third kappa shape index (κ3) is 3.79. The van der Waals surface area contributed by atoms with Crippen LogP contribution in [0.1, 0.15) is 25.3 Å². The molecule has 0 bridgehead atoms. The fourth-order valence-corrected chi connectivity index (χ4v) is 4.59. The molecule has 0 saturated carbocycles. The van der Waals surface area contributed by atoms with Crippen LogP contribution >= 0.6 is 0 Å². The Morgan fingerprint density at radius 2 is 1.85 bits per heavy atom. The minimum atomic E-state index is -0.362. The van der Waals surface area contributed by atoms with E-state index in [1.54, 1.807) is 22.5 Å². The van der Waals surface area contributed by atoms with Gasteiger partial charge in [-0.3, -0.25) is 4.68 Å². The number of anilines is 1. The van der Waals surface area contributed by atoms with Gasteiger partial charge < -0.3 is 9.64 Å². The predicted molar refractivity (Wildman–Crippen MR) is 130 cm³/mol. The summed E-state index contributed by atoms with van der Waals surface area (Å²) in [5.74, 6) is 7.16. The molecule has 1 aliphatic heterocycles. The summed E-state index contributed by atoms with van der Waals surface area (Å²) in [6.07, 6.45) is 10.8. The minimum absolute atomic E-state index is 0.362. The highest BCUT2D eigenvalue weighted by Crippen LogP contribution is 2.33. The van der Waals surface area contributed by atoms with E-state index in [9.17, 15) is 5.26 Å². The van der Waals surface area contributed by atoms with Crippen LogP contribution in [-0.4, -0.2) is 50.2 Å². The SMILES string of the molecule is CC#CC1(OC)CCN(c2ccc(-c3cc(-c4cnn(C)c4)cn4ncc(C#N)c34)cn2)CC1. The third-order valence-electron chi connectivity index (χ3n) is 6.47. The Hall–Kier alpha value is -4.14. The van der Waals surface area contributed by atoms with Gasteiger partial charge in [0.1, 0.15) is 17.5 Å². The molecule has 5 heterocycles. The first-order chi connectivity index (χ1) is 16.6. The van der Waals surface area contributed by atoms with Gasteiger partial charge in [-0.2, -0.15) is 15.5 Å². The molecule has 8 heteroatoms. The number of methoxy groups -OCH3 is 1. The van der Waals surface area contributed by atoms with Gasteiger partial charge >= 0.3 is 0 Å². The standard InChI is InChI=1S/C26H25N7O/c1-4-7-26(34-3)8-10-32(11-9-26)24-6-5-19(14-28-24)23-12-20(22-16-29-31(2)17-22)18-33-25(23)21(13-27)15-30-33/h5-6,12,14-18H,8-11H2,1-3H3. The molecule has 170 valence electrons. The molecule has 4 aromatic rings. The van der Waals surface area contributed by atoms with Crippen molar-refractivity contribution in [3.8, 4) is 40.2 Å². The lowest BCUT2D eigenvalue weighted by molar-refractivity contribution is 0.0207. The first kappa shape index (κ1) is 21.7. The second kappa shape index (κ2) is 8.66. The van der Waals surface area contributed by atoms with E-state index < -0.39 is 0 Å². The van der Waals surface area contributed by atoms with Crippen LogP contribution in [0.15, 0.2) is 49.2 Å². The summed E-state index contributed by atoms with van der Waals surface area (Å²) in [5.41, 5.74) is 4.72. The van der Waals surface area contributed by atoms with Gasteiger partial charge in [-0.15, -0.1) is 5.92 Å². The first-order valence-electron chi connectivity index (χ1n) is 11.2. The van der Waals surface area contributed by atoms with Crippen molar-refractivity contribution in [3.05, 3.63) is 54.7 Å². The van der Waals surface area contributed by atoms with E-state index in [0.29, 0.717) is 5.56 Å². The zero-order valence-corrected chi connectivity index (χ0v) is 19.5. The number of rotatable bonds is 4. The fourth-order valence-electron chi connectivity index (χ4n) is 4.59. The third-order valence-corrected chi connectivity index (χ3v) is 6.47. The Morgan fingerprint density at radius 3 is 2.47 bits per heavy atom. The molecule has 8 nitrogen and oxygen atoms in total. The number of pyridine rings is 2. The van der Waals surface area contributed by atoms with Crippen molar-refractivity contribution in [2.24, 2.45) is 7.05 Å². The lowest BCUT2D eigenvalue weighted by Gasteiger charge is -2.38. The summed E-state index contributed by atoms with van der Waals surface area (Å²) >= 11 is 0. The molecular formula is C26H25N7O. The first-order valence-corrected chi connectivity index (χ1v) is 11.2. The highest BCUT2D eigenvalue weighted by Gasteiger charge is 2.33. The summed E-state index contributed by atoms with van der Waals surface area (Å²) < 4.78 is 9.25. The number of ether oxygens (including phenoxy) is 1. The van der Waals surface area contributed by atoms with E-state index in [2.05, 4.69) is 45.1 Å². The van der Waals surface area contributed by atoms with Crippen molar-refractivity contribution in [2.75, 3.05) is 25.1 Å². The molecule has 0 N–H and O–H groups in total. The molecule has 1 saturated heterocycles. The largest absolute Gasteiger partial charge is 0.365 e. The summed E-state index contributed by atoms with van der Waals surface area (Å²) in [5, 5.41) is 18.3. The van der Waals surface area contributed by atoms with Crippen LogP contribution in [0, 0.1) is 23.2 Å². The van der Waals surface area contributed by atoms with Crippen LogP contribution < -0.4 is 4.90 Å². The average Bonchev–Trinajstić information content (AvgIpc) is 3.50. The summed E-state index contributed by atoms with van der Waals surface area (Å²) in [4.78, 5) is 7.04. The van der Waals surface area contributed by atoms with Crippen molar-refractivity contribution in [1.82, 2.24) is 24.4 Å². The Labute approximate surface area is 198 Å². The van der Waals surface area contributed by atoms with E-state index in [1.807, 2.05) is 44.8 Å². The van der Waals surface area contributed by atoms with Gasteiger partial charge in [0.2, 0.25) is 0 Å². The lowest BCUT2D eigenvalue weighted by Crippen LogP contribution is -2.45. The Kier molecular flexibility index (Phi) is 5.53. The van der Waals surface area contributed by atoms with Crippen molar-refractivity contribution < 1.29 is 4.74 Å². The van der Waals surface area contributed by atoms with Crippen LogP contribution in [0.4, 0.5) is 5.82 Å². The molecule has 0 aliphatic carbocycles. The number of hydrogen-bond acceptors (Lipinski definition) is 6. The van der Waals surface area contributed by atoms with E-state index in [4.69, 9.17) is 9.72 Å². The summed E-state index contributed by atoms with van der Waals surface area (Å²) in [6.45, 7) is 3.51. The number of nitriles is 1. The molecule has 0 atom stereocenters.